The van der Waals surface area contributed by atoms with Crippen molar-refractivity contribution >= 4 is 5.97 Å². The first-order chi connectivity index (χ1) is 4.74. The van der Waals surface area contributed by atoms with E-state index in [1.807, 2.05) is 6.92 Å². The molecule has 1 rings (SSSR count). The minimum Gasteiger partial charge on any atom is -0.468 e. The Balaban J connectivity index is 2.18. The van der Waals surface area contributed by atoms with Gasteiger partial charge >= 0.3 is 5.97 Å². The molecule has 58 valence electrons. The summed E-state index contributed by atoms with van der Waals surface area (Å²) in [5, 5.41) is 3.13. The molecule has 0 radical (unpaired) electrons. The second-order valence-corrected chi connectivity index (χ2v) is 2.69. The third-order valence-corrected chi connectivity index (χ3v) is 1.62. The van der Waals surface area contributed by atoms with Gasteiger partial charge in [0.2, 0.25) is 0 Å². The van der Waals surface area contributed by atoms with Gasteiger partial charge in [0.05, 0.1) is 7.11 Å². The number of rotatable bonds is 3. The summed E-state index contributed by atoms with van der Waals surface area (Å²) >= 11 is 0. The van der Waals surface area contributed by atoms with Crippen molar-refractivity contribution in [3.8, 4) is 0 Å². The molecule has 0 aromatic carbocycles. The molecule has 3 nitrogen and oxygen atoms in total. The van der Waals surface area contributed by atoms with Crippen LogP contribution in [-0.2, 0) is 9.53 Å². The molecular formula is C7H13NO2. The normalized spacial score (nSPS) is 20.2. The number of methoxy groups -OCH3 is 1. The van der Waals surface area contributed by atoms with E-state index in [1.165, 1.54) is 20.0 Å². The summed E-state index contributed by atoms with van der Waals surface area (Å²) in [7, 11) is 1.41. The van der Waals surface area contributed by atoms with Crippen molar-refractivity contribution in [2.75, 3.05) is 7.11 Å². The van der Waals surface area contributed by atoms with Crippen molar-refractivity contribution in [3.05, 3.63) is 0 Å². The maximum Gasteiger partial charge on any atom is 0.322 e. The highest BCUT2D eigenvalue weighted by Gasteiger charge is 2.25. The van der Waals surface area contributed by atoms with Crippen molar-refractivity contribution in [1.29, 1.82) is 0 Å². The van der Waals surface area contributed by atoms with Crippen LogP contribution in [0.15, 0.2) is 0 Å². The smallest absolute Gasteiger partial charge is 0.322 e. The van der Waals surface area contributed by atoms with Crippen LogP contribution in [0.5, 0.6) is 0 Å². The molecule has 1 atom stereocenters. The second-order valence-electron chi connectivity index (χ2n) is 2.69. The van der Waals surface area contributed by atoms with Crippen LogP contribution in [0.4, 0.5) is 0 Å². The SMILES string of the molecule is COC(=O)C(C)NC1CC1. The lowest BCUT2D eigenvalue weighted by Gasteiger charge is -2.09. The van der Waals surface area contributed by atoms with E-state index in [0.29, 0.717) is 6.04 Å². The lowest BCUT2D eigenvalue weighted by atomic mass is 10.3. The molecule has 0 aromatic rings. The summed E-state index contributed by atoms with van der Waals surface area (Å²) < 4.78 is 4.54. The van der Waals surface area contributed by atoms with Crippen molar-refractivity contribution in [3.63, 3.8) is 0 Å². The molecule has 0 amide bonds. The second kappa shape index (κ2) is 3.01. The van der Waals surface area contributed by atoms with Crippen LogP contribution in [0.1, 0.15) is 19.8 Å². The average molecular weight is 143 g/mol. The lowest BCUT2D eigenvalue weighted by Crippen LogP contribution is -2.36. The Morgan fingerprint density at radius 1 is 1.70 bits per heavy atom. The summed E-state index contributed by atoms with van der Waals surface area (Å²) in [5.41, 5.74) is 0. The van der Waals surface area contributed by atoms with Crippen LogP contribution < -0.4 is 5.32 Å². The summed E-state index contributed by atoms with van der Waals surface area (Å²) in [4.78, 5) is 10.8. The number of ether oxygens (including phenoxy) is 1. The molecule has 0 aromatic heterocycles. The fourth-order valence-corrected chi connectivity index (χ4v) is 0.848. The third kappa shape index (κ3) is 1.99. The maximum absolute atomic E-state index is 10.8. The van der Waals surface area contributed by atoms with E-state index in [2.05, 4.69) is 10.1 Å². The van der Waals surface area contributed by atoms with Gasteiger partial charge in [-0.2, -0.15) is 0 Å². The standard InChI is InChI=1S/C7H13NO2/c1-5(7(9)10-2)8-6-3-4-6/h5-6,8H,3-4H2,1-2H3. The molecule has 0 aliphatic heterocycles. The van der Waals surface area contributed by atoms with Gasteiger partial charge < -0.3 is 10.1 Å². The Hall–Kier alpha value is -0.570. The van der Waals surface area contributed by atoms with Crippen LogP contribution >= 0.6 is 0 Å². The van der Waals surface area contributed by atoms with Gasteiger partial charge in [0.25, 0.3) is 0 Å². The van der Waals surface area contributed by atoms with E-state index in [4.69, 9.17) is 0 Å². The minimum absolute atomic E-state index is 0.141. The highest BCUT2D eigenvalue weighted by atomic mass is 16.5. The van der Waals surface area contributed by atoms with Crippen molar-refractivity contribution in [2.24, 2.45) is 0 Å². The zero-order valence-electron chi connectivity index (χ0n) is 6.39. The molecule has 1 aliphatic rings. The molecule has 10 heavy (non-hydrogen) atoms. The predicted molar refractivity (Wildman–Crippen MR) is 37.6 cm³/mol. The van der Waals surface area contributed by atoms with Crippen LogP contribution in [-0.4, -0.2) is 25.2 Å². The Labute approximate surface area is 60.7 Å². The number of esters is 1. The quantitative estimate of drug-likeness (QED) is 0.577. The molecule has 1 aliphatic carbocycles. The maximum atomic E-state index is 10.8. The van der Waals surface area contributed by atoms with Crippen LogP contribution in [0, 0.1) is 0 Å². The Bertz CT molecular complexity index is 132. The Kier molecular flexibility index (Phi) is 2.27. The van der Waals surface area contributed by atoms with Gasteiger partial charge in [-0.15, -0.1) is 0 Å². The topological polar surface area (TPSA) is 38.3 Å². The number of carbonyl (C=O) groups excluding carboxylic acids is 1. The fourth-order valence-electron chi connectivity index (χ4n) is 0.848. The van der Waals surface area contributed by atoms with E-state index in [9.17, 15) is 4.79 Å². The molecular weight excluding hydrogens is 130 g/mol. The fraction of sp³-hybridized carbons (Fsp3) is 0.857. The average Bonchev–Trinajstić information content (AvgIpc) is 2.70. The molecule has 0 saturated heterocycles. The third-order valence-electron chi connectivity index (χ3n) is 1.62. The van der Waals surface area contributed by atoms with Gasteiger partial charge in [-0.05, 0) is 19.8 Å². The van der Waals surface area contributed by atoms with Crippen LogP contribution in [0.25, 0.3) is 0 Å². The van der Waals surface area contributed by atoms with Gasteiger partial charge in [0.1, 0.15) is 6.04 Å². The molecule has 0 bridgehead atoms. The molecule has 0 heterocycles. The highest BCUT2D eigenvalue weighted by molar-refractivity contribution is 5.75. The summed E-state index contributed by atoms with van der Waals surface area (Å²) in [5.74, 6) is -0.174. The summed E-state index contributed by atoms with van der Waals surface area (Å²) in [6.45, 7) is 1.82. The van der Waals surface area contributed by atoms with Crippen LogP contribution in [0.2, 0.25) is 0 Å². The minimum atomic E-state index is -0.174. The first kappa shape index (κ1) is 7.54. The van der Waals surface area contributed by atoms with Gasteiger partial charge in [-0.3, -0.25) is 4.79 Å². The van der Waals surface area contributed by atoms with E-state index in [1.54, 1.807) is 0 Å². The van der Waals surface area contributed by atoms with Crippen LogP contribution in [0.3, 0.4) is 0 Å². The Morgan fingerprint density at radius 2 is 2.30 bits per heavy atom. The number of nitrogens with one attached hydrogen (secondary N) is 1. The summed E-state index contributed by atoms with van der Waals surface area (Å²) in [6.07, 6.45) is 2.39. The monoisotopic (exact) mass is 143 g/mol. The van der Waals surface area contributed by atoms with E-state index in [-0.39, 0.29) is 12.0 Å². The molecule has 1 saturated carbocycles. The van der Waals surface area contributed by atoms with E-state index in [0.717, 1.165) is 0 Å². The molecule has 1 fully saturated rings. The Morgan fingerprint density at radius 3 is 2.70 bits per heavy atom. The predicted octanol–water partition coefficient (Wildman–Crippen LogP) is 0.300. The first-order valence-electron chi connectivity index (χ1n) is 3.58. The number of carbonyl (C=O) groups is 1. The molecule has 1 unspecified atom stereocenters. The molecule has 0 spiro atoms. The van der Waals surface area contributed by atoms with E-state index < -0.39 is 0 Å². The van der Waals surface area contributed by atoms with E-state index >= 15 is 0 Å². The van der Waals surface area contributed by atoms with Gasteiger partial charge in [0, 0.05) is 6.04 Å². The largest absolute Gasteiger partial charge is 0.468 e. The highest BCUT2D eigenvalue weighted by Crippen LogP contribution is 2.19. The van der Waals surface area contributed by atoms with Gasteiger partial charge in [0.15, 0.2) is 0 Å². The van der Waals surface area contributed by atoms with Crippen molar-refractivity contribution in [1.82, 2.24) is 5.32 Å². The summed E-state index contributed by atoms with van der Waals surface area (Å²) in [6, 6.07) is 0.423. The first-order valence-corrected chi connectivity index (χ1v) is 3.58. The molecule has 1 N–H and O–H groups in total. The van der Waals surface area contributed by atoms with Gasteiger partial charge in [-0.25, -0.2) is 0 Å². The van der Waals surface area contributed by atoms with Crippen molar-refractivity contribution < 1.29 is 9.53 Å². The lowest BCUT2D eigenvalue weighted by molar-refractivity contribution is -0.142. The number of hydrogen-bond donors (Lipinski definition) is 1. The molecule has 3 heteroatoms. The van der Waals surface area contributed by atoms with Crippen molar-refractivity contribution in [2.45, 2.75) is 31.8 Å². The zero-order chi connectivity index (χ0) is 7.56. The number of hydrogen-bond acceptors (Lipinski definition) is 3. The zero-order valence-corrected chi connectivity index (χ0v) is 6.39. The van der Waals surface area contributed by atoms with Gasteiger partial charge in [-0.1, -0.05) is 0 Å².